The Labute approximate surface area is 147 Å². The van der Waals surface area contributed by atoms with Crippen LogP contribution < -0.4 is 4.74 Å². The molecular formula is C15H13F9O3. The van der Waals surface area contributed by atoms with E-state index in [9.17, 15) is 44.3 Å². The zero-order chi connectivity index (χ0) is 21.3. The van der Waals surface area contributed by atoms with Crippen molar-refractivity contribution >= 4 is 5.97 Å². The van der Waals surface area contributed by atoms with Crippen LogP contribution in [0.1, 0.15) is 25.0 Å². The van der Waals surface area contributed by atoms with E-state index in [0.29, 0.717) is 0 Å². The van der Waals surface area contributed by atoms with Gasteiger partial charge in [0.1, 0.15) is 5.75 Å². The molecule has 0 aliphatic carbocycles. The number of carbonyl (C=O) groups excluding carboxylic acids is 1. The fourth-order valence-corrected chi connectivity index (χ4v) is 2.08. The normalized spacial score (nSPS) is 14.8. The highest BCUT2D eigenvalue weighted by molar-refractivity contribution is 5.69. The number of hydrogen-bond acceptors (Lipinski definition) is 3. The summed E-state index contributed by atoms with van der Waals surface area (Å²) < 4.78 is 126. The predicted molar refractivity (Wildman–Crippen MR) is 73.0 cm³/mol. The minimum Gasteiger partial charge on any atom is -0.426 e. The van der Waals surface area contributed by atoms with Gasteiger partial charge in [0.15, 0.2) is 0 Å². The molecule has 154 valence electrons. The fraction of sp³-hybridized carbons (Fsp3) is 0.533. The number of hydrogen-bond donors (Lipinski definition) is 0. The number of methoxy groups -OCH3 is 1. The molecule has 0 aliphatic rings. The zero-order valence-corrected chi connectivity index (χ0v) is 13.7. The minimum absolute atomic E-state index is 0.404. The first-order chi connectivity index (χ1) is 12.1. The molecule has 3 nitrogen and oxygen atoms in total. The van der Waals surface area contributed by atoms with Gasteiger partial charge in [0.05, 0.1) is 6.10 Å². The number of para-hydroxylation sites is 1. The number of ether oxygens (including phenoxy) is 2. The van der Waals surface area contributed by atoms with Crippen molar-refractivity contribution in [2.24, 2.45) is 0 Å². The number of esters is 1. The topological polar surface area (TPSA) is 35.5 Å². The molecule has 0 fully saturated rings. The second-order valence-electron chi connectivity index (χ2n) is 5.41. The van der Waals surface area contributed by atoms with E-state index >= 15 is 0 Å². The Morgan fingerprint density at radius 3 is 1.93 bits per heavy atom. The van der Waals surface area contributed by atoms with Crippen LogP contribution in [0.2, 0.25) is 0 Å². The van der Waals surface area contributed by atoms with Crippen LogP contribution in [-0.2, 0) is 9.53 Å². The summed E-state index contributed by atoms with van der Waals surface area (Å²) in [6.07, 6.45) is -11.2. The van der Waals surface area contributed by atoms with Crippen LogP contribution in [0.5, 0.6) is 5.75 Å². The predicted octanol–water partition coefficient (Wildman–Crippen LogP) is 5.16. The number of benzene rings is 1. The maximum absolute atomic E-state index is 13.8. The lowest BCUT2D eigenvalue weighted by Gasteiger charge is -2.35. The number of rotatable bonds is 7. The average molecular weight is 412 g/mol. The van der Waals surface area contributed by atoms with Crippen LogP contribution in [0.15, 0.2) is 24.3 Å². The third kappa shape index (κ3) is 4.47. The summed E-state index contributed by atoms with van der Waals surface area (Å²) in [6.45, 7) is 0.936. The lowest BCUT2D eigenvalue weighted by Crippen LogP contribution is -2.61. The largest absolute Gasteiger partial charge is 0.460 e. The molecule has 0 bridgehead atoms. The van der Waals surface area contributed by atoms with Crippen LogP contribution in [0.4, 0.5) is 39.5 Å². The molecule has 1 rings (SSSR count). The van der Waals surface area contributed by atoms with Crippen molar-refractivity contribution in [2.75, 3.05) is 7.11 Å². The van der Waals surface area contributed by atoms with Crippen LogP contribution in [0, 0.1) is 0 Å². The highest BCUT2D eigenvalue weighted by Crippen LogP contribution is 2.55. The summed E-state index contributed by atoms with van der Waals surface area (Å²) in [6, 6.07) is 4.56. The summed E-state index contributed by atoms with van der Waals surface area (Å²) in [5.41, 5.74) is -0.416. The third-order valence-electron chi connectivity index (χ3n) is 3.46. The van der Waals surface area contributed by atoms with E-state index in [1.807, 2.05) is 0 Å². The van der Waals surface area contributed by atoms with E-state index < -0.39 is 53.8 Å². The smallest absolute Gasteiger partial charge is 0.426 e. The Morgan fingerprint density at radius 1 is 0.963 bits per heavy atom. The molecule has 0 saturated carbocycles. The van der Waals surface area contributed by atoms with Crippen molar-refractivity contribution in [2.45, 2.75) is 43.4 Å². The van der Waals surface area contributed by atoms with Gasteiger partial charge in [-0.25, -0.2) is 0 Å². The Balaban J connectivity index is 3.28. The van der Waals surface area contributed by atoms with Crippen molar-refractivity contribution < 1.29 is 53.8 Å². The van der Waals surface area contributed by atoms with Gasteiger partial charge in [-0.2, -0.15) is 39.5 Å². The van der Waals surface area contributed by atoms with Gasteiger partial charge in [-0.15, -0.1) is 0 Å². The van der Waals surface area contributed by atoms with Gasteiger partial charge in [0, 0.05) is 26.0 Å². The summed E-state index contributed by atoms with van der Waals surface area (Å²) in [7, 11) is 0.741. The molecule has 12 heteroatoms. The first kappa shape index (κ1) is 23.1. The lowest BCUT2D eigenvalue weighted by atomic mass is 9.94. The van der Waals surface area contributed by atoms with E-state index in [1.165, 1.54) is 12.1 Å². The molecule has 1 unspecified atom stereocenters. The molecule has 0 amide bonds. The number of carbonyl (C=O) groups is 1. The fourth-order valence-electron chi connectivity index (χ4n) is 2.08. The molecule has 0 aromatic heterocycles. The summed E-state index contributed by atoms with van der Waals surface area (Å²) in [5, 5.41) is 0. The van der Waals surface area contributed by atoms with Crippen molar-refractivity contribution in [3.63, 3.8) is 0 Å². The quantitative estimate of drug-likeness (QED) is 0.353. The van der Waals surface area contributed by atoms with Gasteiger partial charge >= 0.3 is 29.9 Å². The molecular weight excluding hydrogens is 399 g/mol. The molecule has 0 radical (unpaired) electrons. The van der Waals surface area contributed by atoms with Crippen LogP contribution in [0.3, 0.4) is 0 Å². The Kier molecular flexibility index (Phi) is 6.46. The van der Waals surface area contributed by atoms with Gasteiger partial charge < -0.3 is 9.47 Å². The monoisotopic (exact) mass is 412 g/mol. The zero-order valence-electron chi connectivity index (χ0n) is 13.7. The summed E-state index contributed by atoms with van der Waals surface area (Å²) in [4.78, 5) is 11.0. The maximum atomic E-state index is 13.8. The minimum atomic E-state index is -6.99. The molecule has 0 heterocycles. The van der Waals surface area contributed by atoms with E-state index in [2.05, 4.69) is 9.47 Å². The van der Waals surface area contributed by atoms with Crippen molar-refractivity contribution in [3.05, 3.63) is 29.8 Å². The average Bonchev–Trinajstić information content (AvgIpc) is 2.51. The van der Waals surface area contributed by atoms with Crippen LogP contribution in [0.25, 0.3) is 0 Å². The van der Waals surface area contributed by atoms with Gasteiger partial charge in [-0.3, -0.25) is 4.79 Å². The highest BCUT2D eigenvalue weighted by atomic mass is 19.4. The maximum Gasteiger partial charge on any atom is 0.460 e. The van der Waals surface area contributed by atoms with E-state index in [0.717, 1.165) is 26.2 Å². The first-order valence-corrected chi connectivity index (χ1v) is 7.08. The van der Waals surface area contributed by atoms with Gasteiger partial charge in [-0.1, -0.05) is 18.2 Å². The second kappa shape index (κ2) is 7.56. The summed E-state index contributed by atoms with van der Waals surface area (Å²) in [5.74, 6) is -20.9. The van der Waals surface area contributed by atoms with Crippen LogP contribution >= 0.6 is 0 Å². The molecule has 27 heavy (non-hydrogen) atoms. The number of halogens is 9. The molecule has 0 N–H and O–H groups in total. The van der Waals surface area contributed by atoms with Gasteiger partial charge in [0.25, 0.3) is 0 Å². The van der Waals surface area contributed by atoms with Gasteiger partial charge in [-0.05, 0) is 6.07 Å². The van der Waals surface area contributed by atoms with Crippen molar-refractivity contribution in [1.82, 2.24) is 0 Å². The third-order valence-corrected chi connectivity index (χ3v) is 3.46. The second-order valence-corrected chi connectivity index (χ2v) is 5.41. The lowest BCUT2D eigenvalue weighted by molar-refractivity contribution is -0.398. The first-order valence-electron chi connectivity index (χ1n) is 7.08. The Hall–Kier alpha value is -1.98. The standard InChI is InChI=1S/C15H13F9O3/c1-8(25)27-10-6-4-3-5-9(10)11(26-2)7-12(16,17)13(18,19)14(20,21)15(22,23)24/h3-6,11H,7H2,1-2H3. The van der Waals surface area contributed by atoms with Crippen molar-refractivity contribution in [3.8, 4) is 5.75 Å². The van der Waals surface area contributed by atoms with Crippen molar-refractivity contribution in [1.29, 1.82) is 0 Å². The van der Waals surface area contributed by atoms with Gasteiger partial charge in [0.2, 0.25) is 0 Å². The SMILES string of the molecule is COC(CC(F)(F)C(F)(F)C(F)(F)C(F)(F)F)c1ccccc1OC(C)=O. The molecule has 1 aromatic carbocycles. The van der Waals surface area contributed by atoms with E-state index in [1.54, 1.807) is 0 Å². The molecule has 1 atom stereocenters. The molecule has 1 aromatic rings. The summed E-state index contributed by atoms with van der Waals surface area (Å²) >= 11 is 0. The van der Waals surface area contributed by atoms with E-state index in [4.69, 9.17) is 0 Å². The van der Waals surface area contributed by atoms with E-state index in [-0.39, 0.29) is 0 Å². The Bertz CT molecular complexity index is 671. The Morgan fingerprint density at radius 2 is 1.48 bits per heavy atom. The molecule has 0 spiro atoms. The molecule has 0 aliphatic heterocycles. The number of alkyl halides is 9. The highest BCUT2D eigenvalue weighted by Gasteiger charge is 2.81. The molecule has 0 saturated heterocycles. The van der Waals surface area contributed by atoms with Crippen LogP contribution in [-0.4, -0.2) is 37.0 Å².